The first-order valence-electron chi connectivity index (χ1n) is 11.1. The van der Waals surface area contributed by atoms with Crippen LogP contribution in [0.5, 0.6) is 0 Å². The first kappa shape index (κ1) is 18.2. The zero-order chi connectivity index (χ0) is 19.0. The monoisotopic (exact) mass is 374 g/mol. The second-order valence-electron chi connectivity index (χ2n) is 10.7. The third kappa shape index (κ3) is 2.32. The van der Waals surface area contributed by atoms with Gasteiger partial charge in [0.1, 0.15) is 6.61 Å². The van der Waals surface area contributed by atoms with Crippen LogP contribution >= 0.6 is 0 Å². The molecule has 0 spiro atoms. The minimum Gasteiger partial charge on any atom is -0.458 e. The second-order valence-corrected chi connectivity index (χ2v) is 10.7. The van der Waals surface area contributed by atoms with Gasteiger partial charge in [-0.3, -0.25) is 0 Å². The van der Waals surface area contributed by atoms with Gasteiger partial charge in [-0.05, 0) is 92.4 Å². The minimum absolute atomic E-state index is 0.126. The summed E-state index contributed by atoms with van der Waals surface area (Å²) in [4.78, 5) is 11.6. The van der Waals surface area contributed by atoms with Crippen LogP contribution in [-0.4, -0.2) is 34.5 Å². The fourth-order valence-corrected chi connectivity index (χ4v) is 8.39. The van der Waals surface area contributed by atoms with Crippen molar-refractivity contribution < 1.29 is 19.7 Å². The van der Waals surface area contributed by atoms with Crippen LogP contribution in [0, 0.1) is 34.5 Å². The Labute approximate surface area is 162 Å². The number of ether oxygens (including phenoxy) is 1. The van der Waals surface area contributed by atoms with Crippen molar-refractivity contribution in [3.8, 4) is 0 Å². The molecule has 4 saturated carbocycles. The number of hydrogen-bond acceptors (Lipinski definition) is 4. The molecule has 4 aliphatic carbocycles. The molecule has 4 unspecified atom stereocenters. The average Bonchev–Trinajstić information content (AvgIpc) is 3.16. The molecule has 4 heteroatoms. The van der Waals surface area contributed by atoms with E-state index in [0.717, 1.165) is 56.9 Å². The molecule has 2 N–H and O–H groups in total. The Morgan fingerprint density at radius 2 is 1.85 bits per heavy atom. The van der Waals surface area contributed by atoms with Gasteiger partial charge in [-0.1, -0.05) is 13.8 Å². The van der Waals surface area contributed by atoms with E-state index in [9.17, 15) is 15.0 Å². The van der Waals surface area contributed by atoms with E-state index in [0.29, 0.717) is 24.4 Å². The van der Waals surface area contributed by atoms with Crippen molar-refractivity contribution in [2.24, 2.45) is 34.5 Å². The van der Waals surface area contributed by atoms with Crippen molar-refractivity contribution >= 4 is 5.97 Å². The molecule has 0 amide bonds. The molecule has 1 aliphatic heterocycles. The highest BCUT2D eigenvalue weighted by atomic mass is 16.5. The number of aliphatic hydroxyl groups excluding tert-OH is 1. The van der Waals surface area contributed by atoms with Gasteiger partial charge in [0.05, 0.1) is 11.7 Å². The quantitative estimate of drug-likeness (QED) is 0.688. The number of carbonyl (C=O) groups excluding carboxylic acids is 1. The highest BCUT2D eigenvalue weighted by molar-refractivity contribution is 5.85. The average molecular weight is 375 g/mol. The maximum absolute atomic E-state index is 12.1. The zero-order valence-electron chi connectivity index (χ0n) is 16.7. The summed E-state index contributed by atoms with van der Waals surface area (Å²) in [5.41, 5.74) is 0.600. The van der Waals surface area contributed by atoms with Crippen LogP contribution in [0.25, 0.3) is 0 Å². The first-order valence-corrected chi connectivity index (χ1v) is 11.1. The van der Waals surface area contributed by atoms with E-state index in [4.69, 9.17) is 4.74 Å². The molecule has 27 heavy (non-hydrogen) atoms. The molecule has 0 bridgehead atoms. The summed E-state index contributed by atoms with van der Waals surface area (Å²) in [5, 5.41) is 22.3. The van der Waals surface area contributed by atoms with Crippen LogP contribution in [0.2, 0.25) is 0 Å². The molecule has 4 nitrogen and oxygen atoms in total. The van der Waals surface area contributed by atoms with Gasteiger partial charge in [0, 0.05) is 11.5 Å². The van der Waals surface area contributed by atoms with Crippen LogP contribution in [0.15, 0.2) is 11.6 Å². The molecular formula is C23H34O4. The molecule has 5 rings (SSSR count). The summed E-state index contributed by atoms with van der Waals surface area (Å²) in [6.07, 6.45) is 10.8. The number of rotatable bonds is 1. The van der Waals surface area contributed by atoms with Gasteiger partial charge in [-0.25, -0.2) is 4.79 Å². The maximum atomic E-state index is 12.1. The van der Waals surface area contributed by atoms with E-state index < -0.39 is 5.60 Å². The summed E-state index contributed by atoms with van der Waals surface area (Å²) in [6, 6.07) is 0. The second kappa shape index (κ2) is 5.82. The van der Waals surface area contributed by atoms with Crippen LogP contribution in [0.1, 0.15) is 71.6 Å². The molecular weight excluding hydrogens is 340 g/mol. The van der Waals surface area contributed by atoms with Gasteiger partial charge >= 0.3 is 5.97 Å². The van der Waals surface area contributed by atoms with Gasteiger partial charge < -0.3 is 14.9 Å². The number of esters is 1. The summed E-state index contributed by atoms with van der Waals surface area (Å²) in [5.74, 6) is 1.59. The van der Waals surface area contributed by atoms with Crippen molar-refractivity contribution in [3.63, 3.8) is 0 Å². The summed E-state index contributed by atoms with van der Waals surface area (Å²) < 4.78 is 5.20. The Morgan fingerprint density at radius 1 is 1.04 bits per heavy atom. The van der Waals surface area contributed by atoms with E-state index >= 15 is 0 Å². The number of carbonyl (C=O) groups is 1. The fraction of sp³-hybridized carbons (Fsp3) is 0.870. The Morgan fingerprint density at radius 3 is 2.59 bits per heavy atom. The topological polar surface area (TPSA) is 66.8 Å². The van der Waals surface area contributed by atoms with Gasteiger partial charge in [0.25, 0.3) is 0 Å². The third-order valence-corrected chi connectivity index (χ3v) is 9.96. The lowest BCUT2D eigenvalue weighted by molar-refractivity contribution is -0.208. The van der Waals surface area contributed by atoms with Crippen molar-refractivity contribution in [2.75, 3.05) is 6.61 Å². The Bertz CT molecular complexity index is 686. The van der Waals surface area contributed by atoms with E-state index in [2.05, 4.69) is 13.8 Å². The van der Waals surface area contributed by atoms with Gasteiger partial charge in [0.15, 0.2) is 0 Å². The largest absolute Gasteiger partial charge is 0.458 e. The van der Waals surface area contributed by atoms with Crippen molar-refractivity contribution in [3.05, 3.63) is 11.6 Å². The molecule has 0 aromatic heterocycles. The Kier molecular flexibility index (Phi) is 3.92. The SMILES string of the molecule is CC12CC[C@H](O)C[C@H]1CCC1C2CCC2(C)[C@@H](C3=CC(=O)OC3)CC[C@]12O. The number of cyclic esters (lactones) is 1. The Balaban J connectivity index is 1.47. The van der Waals surface area contributed by atoms with Crippen molar-refractivity contribution in [1.29, 1.82) is 0 Å². The predicted octanol–water partition coefficient (Wildman–Crippen LogP) is 3.60. The molecule has 0 saturated heterocycles. The van der Waals surface area contributed by atoms with E-state index in [1.165, 1.54) is 6.42 Å². The zero-order valence-corrected chi connectivity index (χ0v) is 16.7. The molecule has 150 valence electrons. The normalized spacial score (nSPS) is 54.6. The maximum Gasteiger partial charge on any atom is 0.331 e. The lowest BCUT2D eigenvalue weighted by Gasteiger charge is -2.63. The Hall–Kier alpha value is -0.870. The molecule has 5 aliphatic rings. The standard InChI is InChI=1S/C23H34O4/c1-21-8-5-16(24)12-15(21)3-4-19-18(21)6-9-22(2)17(7-10-23(19,22)26)14-11-20(25)27-13-14/h11,15-19,24,26H,3-10,12-13H2,1-2H3/t15-,16+,17-,18?,19?,21?,22?,23+/m1/s1. The molecule has 1 heterocycles. The van der Waals surface area contributed by atoms with Gasteiger partial charge in [0.2, 0.25) is 0 Å². The number of hydrogen-bond donors (Lipinski definition) is 2. The van der Waals surface area contributed by atoms with Crippen molar-refractivity contribution in [1.82, 2.24) is 0 Å². The molecule has 0 aromatic rings. The lowest BCUT2D eigenvalue weighted by Crippen LogP contribution is -2.62. The van der Waals surface area contributed by atoms with E-state index in [1.54, 1.807) is 6.08 Å². The van der Waals surface area contributed by atoms with Crippen LogP contribution < -0.4 is 0 Å². The lowest BCUT2D eigenvalue weighted by atomic mass is 9.43. The third-order valence-electron chi connectivity index (χ3n) is 9.96. The van der Waals surface area contributed by atoms with Gasteiger partial charge in [-0.15, -0.1) is 0 Å². The van der Waals surface area contributed by atoms with Crippen LogP contribution in [-0.2, 0) is 9.53 Å². The summed E-state index contributed by atoms with van der Waals surface area (Å²) in [6.45, 7) is 5.15. The summed E-state index contributed by atoms with van der Waals surface area (Å²) in [7, 11) is 0. The fourth-order valence-electron chi connectivity index (χ4n) is 8.39. The first-order chi connectivity index (χ1) is 12.8. The van der Waals surface area contributed by atoms with E-state index in [1.807, 2.05) is 0 Å². The number of fused-ring (bicyclic) bond motifs is 5. The highest BCUT2D eigenvalue weighted by Gasteiger charge is 2.67. The summed E-state index contributed by atoms with van der Waals surface area (Å²) >= 11 is 0. The minimum atomic E-state index is -0.628. The van der Waals surface area contributed by atoms with Gasteiger partial charge in [-0.2, -0.15) is 0 Å². The number of aliphatic hydroxyl groups is 2. The molecule has 8 atom stereocenters. The van der Waals surface area contributed by atoms with Crippen molar-refractivity contribution in [2.45, 2.75) is 83.3 Å². The molecule has 0 aromatic carbocycles. The smallest absolute Gasteiger partial charge is 0.331 e. The van der Waals surface area contributed by atoms with Crippen LogP contribution in [0.4, 0.5) is 0 Å². The van der Waals surface area contributed by atoms with Crippen LogP contribution in [0.3, 0.4) is 0 Å². The predicted molar refractivity (Wildman–Crippen MR) is 102 cm³/mol. The molecule has 0 radical (unpaired) electrons. The molecule has 4 fully saturated rings. The van der Waals surface area contributed by atoms with E-state index in [-0.39, 0.29) is 28.8 Å². The highest BCUT2D eigenvalue weighted by Crippen LogP contribution is 2.69.